The Hall–Kier alpha value is -3.18. The van der Waals surface area contributed by atoms with E-state index in [0.717, 1.165) is 0 Å². The summed E-state index contributed by atoms with van der Waals surface area (Å²) in [5.41, 5.74) is 0. The van der Waals surface area contributed by atoms with E-state index in [0.29, 0.717) is 20.7 Å². The zero-order valence-corrected chi connectivity index (χ0v) is 16.2. The molecule has 4 rings (SSSR count). The van der Waals surface area contributed by atoms with Crippen LogP contribution >= 0.6 is 0 Å². The zero-order chi connectivity index (χ0) is 20.4. The van der Waals surface area contributed by atoms with Gasteiger partial charge in [-0.3, -0.25) is 0 Å². The van der Waals surface area contributed by atoms with Crippen molar-refractivity contribution in [3.05, 3.63) is 120 Å². The second-order valence-corrected chi connectivity index (χ2v) is 10.6. The van der Waals surface area contributed by atoms with Crippen LogP contribution in [0.25, 0.3) is 0 Å². The van der Waals surface area contributed by atoms with Crippen LogP contribution in [-0.4, -0.2) is 8.07 Å². The average molecular weight is 408 g/mol. The fourth-order valence-electron chi connectivity index (χ4n) is 3.87. The standard InChI is InChI=1S/C24H16F4Si/c25-17-10-12-21(13-11-17)29(22-7-1-4-18(26)14-22,23-8-2-5-19(27)15-23)24-9-3-6-20(28)16-24/h1-16H. The van der Waals surface area contributed by atoms with Gasteiger partial charge in [0.1, 0.15) is 23.3 Å². The Kier molecular flexibility index (Phi) is 5.07. The van der Waals surface area contributed by atoms with E-state index in [-0.39, 0.29) is 0 Å². The van der Waals surface area contributed by atoms with Crippen LogP contribution in [0.4, 0.5) is 17.6 Å². The minimum Gasteiger partial charge on any atom is -0.207 e. The Morgan fingerprint density at radius 3 is 1.10 bits per heavy atom. The van der Waals surface area contributed by atoms with E-state index in [9.17, 15) is 17.6 Å². The molecule has 29 heavy (non-hydrogen) atoms. The molecule has 4 aromatic carbocycles. The van der Waals surface area contributed by atoms with E-state index < -0.39 is 31.3 Å². The lowest BCUT2D eigenvalue weighted by molar-refractivity contribution is 0.627. The number of benzene rings is 4. The van der Waals surface area contributed by atoms with E-state index in [4.69, 9.17) is 0 Å². The largest absolute Gasteiger partial charge is 0.207 e. The molecule has 0 aliphatic rings. The number of hydrogen-bond donors (Lipinski definition) is 0. The summed E-state index contributed by atoms with van der Waals surface area (Å²) in [5, 5.41) is 2.53. The van der Waals surface area contributed by atoms with Gasteiger partial charge in [-0.25, -0.2) is 17.6 Å². The second kappa shape index (κ2) is 7.68. The first-order valence-corrected chi connectivity index (χ1v) is 11.0. The van der Waals surface area contributed by atoms with Crippen molar-refractivity contribution in [2.75, 3.05) is 0 Å². The molecule has 0 saturated carbocycles. The van der Waals surface area contributed by atoms with Gasteiger partial charge in [0, 0.05) is 0 Å². The molecular weight excluding hydrogens is 392 g/mol. The van der Waals surface area contributed by atoms with Crippen LogP contribution in [0, 0.1) is 23.3 Å². The number of rotatable bonds is 4. The third kappa shape index (κ3) is 3.49. The molecule has 144 valence electrons. The third-order valence-electron chi connectivity index (χ3n) is 5.05. The summed E-state index contributed by atoms with van der Waals surface area (Å²) in [6.07, 6.45) is 0. The molecule has 0 aliphatic carbocycles. The van der Waals surface area contributed by atoms with Crippen molar-refractivity contribution < 1.29 is 17.6 Å². The van der Waals surface area contributed by atoms with Crippen molar-refractivity contribution in [3.8, 4) is 0 Å². The summed E-state index contributed by atoms with van der Waals surface area (Å²) in [7, 11) is -3.30. The molecule has 0 N–H and O–H groups in total. The molecule has 0 aliphatic heterocycles. The molecule has 5 heteroatoms. The molecule has 0 spiro atoms. The fraction of sp³-hybridized carbons (Fsp3) is 0. The van der Waals surface area contributed by atoms with Crippen LogP contribution < -0.4 is 20.7 Å². The maximum atomic E-state index is 14.3. The highest BCUT2D eigenvalue weighted by Gasteiger charge is 2.42. The minimum absolute atomic E-state index is 0.422. The zero-order valence-electron chi connectivity index (χ0n) is 15.2. The topological polar surface area (TPSA) is 0 Å². The van der Waals surface area contributed by atoms with E-state index in [1.807, 2.05) is 0 Å². The molecule has 0 atom stereocenters. The molecule has 0 bridgehead atoms. The van der Waals surface area contributed by atoms with Gasteiger partial charge in [-0.1, -0.05) is 48.5 Å². The summed E-state index contributed by atoms with van der Waals surface area (Å²) in [6.45, 7) is 0. The van der Waals surface area contributed by atoms with E-state index >= 15 is 0 Å². The summed E-state index contributed by atoms with van der Waals surface area (Å²) in [4.78, 5) is 0. The normalized spacial score (nSPS) is 11.4. The van der Waals surface area contributed by atoms with Crippen LogP contribution in [0.5, 0.6) is 0 Å². The highest BCUT2D eigenvalue weighted by molar-refractivity contribution is 7.19. The monoisotopic (exact) mass is 408 g/mol. The van der Waals surface area contributed by atoms with Gasteiger partial charge in [-0.05, 0) is 69.3 Å². The summed E-state index contributed by atoms with van der Waals surface area (Å²) >= 11 is 0. The van der Waals surface area contributed by atoms with E-state index in [2.05, 4.69) is 0 Å². The van der Waals surface area contributed by atoms with Crippen LogP contribution in [-0.2, 0) is 0 Å². The van der Waals surface area contributed by atoms with Crippen LogP contribution in [0.2, 0.25) is 0 Å². The molecule has 0 nitrogen and oxygen atoms in total. The quantitative estimate of drug-likeness (QED) is 0.275. The Balaban J connectivity index is 2.17. The van der Waals surface area contributed by atoms with Gasteiger partial charge in [-0.15, -0.1) is 0 Å². The summed E-state index contributed by atoms with van der Waals surface area (Å²) in [6, 6.07) is 24.0. The average Bonchev–Trinajstić information content (AvgIpc) is 2.70. The fourth-order valence-corrected chi connectivity index (χ4v) is 8.63. The number of hydrogen-bond acceptors (Lipinski definition) is 0. The minimum atomic E-state index is -3.30. The van der Waals surface area contributed by atoms with Crippen molar-refractivity contribution in [1.29, 1.82) is 0 Å². The first kappa shape index (κ1) is 19.1. The Morgan fingerprint density at radius 2 is 0.759 bits per heavy atom. The van der Waals surface area contributed by atoms with Gasteiger partial charge in [0.25, 0.3) is 0 Å². The highest BCUT2D eigenvalue weighted by atomic mass is 28.3. The van der Waals surface area contributed by atoms with Crippen molar-refractivity contribution in [2.45, 2.75) is 0 Å². The summed E-state index contributed by atoms with van der Waals surface area (Å²) in [5.74, 6) is -1.77. The lowest BCUT2D eigenvalue weighted by Gasteiger charge is -2.34. The Morgan fingerprint density at radius 1 is 0.379 bits per heavy atom. The lowest BCUT2D eigenvalue weighted by atomic mass is 10.3. The predicted octanol–water partition coefficient (Wildman–Crippen LogP) is 3.62. The van der Waals surface area contributed by atoms with Gasteiger partial charge in [-0.2, -0.15) is 0 Å². The van der Waals surface area contributed by atoms with E-state index in [1.165, 1.54) is 48.5 Å². The van der Waals surface area contributed by atoms with Gasteiger partial charge in [0.15, 0.2) is 8.07 Å². The molecule has 0 aromatic heterocycles. The SMILES string of the molecule is Fc1ccc([Si](c2cccc(F)c2)(c2cccc(F)c2)c2cccc(F)c2)cc1. The first-order valence-electron chi connectivity index (χ1n) is 9.04. The predicted molar refractivity (Wildman–Crippen MR) is 110 cm³/mol. The van der Waals surface area contributed by atoms with Gasteiger partial charge in [0.2, 0.25) is 0 Å². The molecule has 0 heterocycles. The Bertz CT molecular complexity index is 1040. The molecule has 0 radical (unpaired) electrons. The first-order chi connectivity index (χ1) is 14.0. The van der Waals surface area contributed by atoms with Crippen molar-refractivity contribution >= 4 is 28.8 Å². The third-order valence-corrected chi connectivity index (χ3v) is 9.78. The van der Waals surface area contributed by atoms with Gasteiger partial charge < -0.3 is 0 Å². The molecular formula is C24H16F4Si. The van der Waals surface area contributed by atoms with Crippen LogP contribution in [0.3, 0.4) is 0 Å². The Labute approximate surface area is 167 Å². The van der Waals surface area contributed by atoms with Crippen molar-refractivity contribution in [2.24, 2.45) is 0 Å². The molecule has 0 fully saturated rings. The molecule has 0 saturated heterocycles. The molecule has 4 aromatic rings. The number of halogens is 4. The van der Waals surface area contributed by atoms with E-state index in [1.54, 1.807) is 48.5 Å². The van der Waals surface area contributed by atoms with Crippen molar-refractivity contribution in [3.63, 3.8) is 0 Å². The maximum absolute atomic E-state index is 14.3. The lowest BCUT2D eigenvalue weighted by Crippen LogP contribution is -2.75. The second-order valence-electron chi connectivity index (χ2n) is 6.79. The highest BCUT2D eigenvalue weighted by Crippen LogP contribution is 2.12. The van der Waals surface area contributed by atoms with Gasteiger partial charge in [0.05, 0.1) is 0 Å². The summed E-state index contributed by atoms with van der Waals surface area (Å²) < 4.78 is 56.6. The molecule has 0 amide bonds. The van der Waals surface area contributed by atoms with Crippen LogP contribution in [0.1, 0.15) is 0 Å². The maximum Gasteiger partial charge on any atom is 0.179 e. The molecule has 0 unspecified atom stereocenters. The van der Waals surface area contributed by atoms with Crippen LogP contribution in [0.15, 0.2) is 97.1 Å². The smallest absolute Gasteiger partial charge is 0.179 e. The van der Waals surface area contributed by atoms with Crippen molar-refractivity contribution in [1.82, 2.24) is 0 Å². The van der Waals surface area contributed by atoms with Gasteiger partial charge >= 0.3 is 0 Å².